The minimum atomic E-state index is -0.138. The van der Waals surface area contributed by atoms with Crippen LogP contribution in [0.3, 0.4) is 0 Å². The first kappa shape index (κ1) is 12.9. The van der Waals surface area contributed by atoms with Crippen molar-refractivity contribution in [2.45, 2.75) is 52.4 Å². The Kier molecular flexibility index (Phi) is 2.97. The van der Waals surface area contributed by atoms with Crippen molar-refractivity contribution in [2.75, 3.05) is 0 Å². The molecule has 1 aromatic carbocycles. The zero-order valence-electron chi connectivity index (χ0n) is 11.1. The first-order valence-corrected chi connectivity index (χ1v) is 5.63. The molecule has 16 heavy (non-hydrogen) atoms. The van der Waals surface area contributed by atoms with Crippen molar-refractivity contribution in [1.29, 1.82) is 0 Å². The molecule has 0 saturated carbocycles. The summed E-state index contributed by atoms with van der Waals surface area (Å²) < 4.78 is 0. The average Bonchev–Trinajstić information content (AvgIpc) is 2.04. The highest BCUT2D eigenvalue weighted by Gasteiger charge is 2.26. The summed E-state index contributed by atoms with van der Waals surface area (Å²) in [6.45, 7) is 12.3. The van der Waals surface area contributed by atoms with E-state index in [2.05, 4.69) is 0 Å². The minimum absolute atomic E-state index is 0.138. The quantitative estimate of drug-likeness (QED) is 0.662. The van der Waals surface area contributed by atoms with Crippen LogP contribution in [0.5, 0.6) is 5.75 Å². The highest BCUT2D eigenvalue weighted by atomic mass is 16.3. The molecule has 0 saturated heterocycles. The molecular weight excluding hydrogens is 198 g/mol. The van der Waals surface area contributed by atoms with Crippen molar-refractivity contribution in [3.63, 3.8) is 0 Å². The van der Waals surface area contributed by atoms with Gasteiger partial charge in [0.05, 0.1) is 5.69 Å². The van der Waals surface area contributed by atoms with Crippen molar-refractivity contribution in [3.05, 3.63) is 23.3 Å². The van der Waals surface area contributed by atoms with Gasteiger partial charge in [0.15, 0.2) is 0 Å². The molecule has 0 spiro atoms. The number of rotatable bonds is 0. The van der Waals surface area contributed by atoms with E-state index in [-0.39, 0.29) is 10.8 Å². The van der Waals surface area contributed by atoms with E-state index in [1.165, 1.54) is 0 Å². The summed E-state index contributed by atoms with van der Waals surface area (Å²) in [5.41, 5.74) is 9.72. The third-order valence-electron chi connectivity index (χ3n) is 2.73. The second-order valence-corrected chi connectivity index (χ2v) is 6.42. The maximum Gasteiger partial charge on any atom is 0.123 e. The summed E-state index contributed by atoms with van der Waals surface area (Å²) in [5, 5.41) is 10.3. The lowest BCUT2D eigenvalue weighted by molar-refractivity contribution is 0.423. The summed E-state index contributed by atoms with van der Waals surface area (Å²) in [6, 6.07) is 3.51. The van der Waals surface area contributed by atoms with E-state index in [9.17, 15) is 5.11 Å². The second kappa shape index (κ2) is 3.69. The van der Waals surface area contributed by atoms with Crippen LogP contribution >= 0.6 is 0 Å². The van der Waals surface area contributed by atoms with Gasteiger partial charge in [-0.15, -0.1) is 0 Å². The Morgan fingerprint density at radius 1 is 0.875 bits per heavy atom. The Hall–Kier alpha value is -1.18. The summed E-state index contributed by atoms with van der Waals surface area (Å²) in [7, 11) is 0. The van der Waals surface area contributed by atoms with Crippen molar-refractivity contribution in [3.8, 4) is 5.75 Å². The number of aromatic hydroxyl groups is 1. The molecule has 0 bridgehead atoms. The predicted molar refractivity (Wildman–Crippen MR) is 68.3 cm³/mol. The molecule has 1 radical (unpaired) electrons. The SMILES string of the molecule is CC(C)(C)c1cc([NH])cc(C(C)(C)C)c1O. The first-order chi connectivity index (χ1) is 7.03. The first-order valence-electron chi connectivity index (χ1n) is 5.63. The van der Waals surface area contributed by atoms with Gasteiger partial charge < -0.3 is 10.8 Å². The largest absolute Gasteiger partial charge is 0.507 e. The summed E-state index contributed by atoms with van der Waals surface area (Å²) in [5.74, 6) is 0.344. The second-order valence-electron chi connectivity index (χ2n) is 6.42. The van der Waals surface area contributed by atoms with Crippen LogP contribution in [0.2, 0.25) is 0 Å². The van der Waals surface area contributed by atoms with Crippen LogP contribution in [-0.2, 0) is 10.8 Å². The molecule has 2 N–H and O–H groups in total. The normalized spacial score (nSPS) is 12.9. The minimum Gasteiger partial charge on any atom is -0.507 e. The van der Waals surface area contributed by atoms with Crippen LogP contribution < -0.4 is 5.73 Å². The molecule has 89 valence electrons. The van der Waals surface area contributed by atoms with Gasteiger partial charge >= 0.3 is 0 Å². The Morgan fingerprint density at radius 2 is 1.19 bits per heavy atom. The Balaban J connectivity index is 3.51. The summed E-state index contributed by atoms with van der Waals surface area (Å²) >= 11 is 0. The van der Waals surface area contributed by atoms with Gasteiger partial charge in [0.2, 0.25) is 0 Å². The van der Waals surface area contributed by atoms with Crippen LogP contribution in [0.25, 0.3) is 0 Å². The number of hydrogen-bond acceptors (Lipinski definition) is 1. The fraction of sp³-hybridized carbons (Fsp3) is 0.571. The van der Waals surface area contributed by atoms with Crippen molar-refractivity contribution >= 4 is 5.69 Å². The van der Waals surface area contributed by atoms with E-state index in [0.717, 1.165) is 11.1 Å². The molecule has 0 aliphatic carbocycles. The Labute approximate surface area is 98.5 Å². The van der Waals surface area contributed by atoms with E-state index in [0.29, 0.717) is 11.4 Å². The molecule has 0 aromatic heterocycles. The van der Waals surface area contributed by atoms with Crippen LogP contribution in [0.4, 0.5) is 5.69 Å². The number of nitrogens with one attached hydrogen (secondary N) is 1. The lowest BCUT2D eigenvalue weighted by Crippen LogP contribution is -2.17. The zero-order valence-corrected chi connectivity index (χ0v) is 11.1. The van der Waals surface area contributed by atoms with Gasteiger partial charge in [-0.25, -0.2) is 0 Å². The van der Waals surface area contributed by atoms with E-state index in [1.54, 1.807) is 12.1 Å². The fourth-order valence-corrected chi connectivity index (χ4v) is 1.78. The molecule has 1 aromatic rings. The standard InChI is InChI=1S/C14H22NO/c1-13(2,3)10-7-9(15)8-11(12(10)16)14(4,5)6/h7-8,15-16H,1-6H3. The molecule has 1 rings (SSSR count). The molecule has 0 heterocycles. The maximum atomic E-state index is 10.3. The smallest absolute Gasteiger partial charge is 0.123 e. The molecular formula is C14H22NO. The third-order valence-corrected chi connectivity index (χ3v) is 2.73. The molecule has 0 fully saturated rings. The van der Waals surface area contributed by atoms with E-state index < -0.39 is 0 Å². The number of hydrogen-bond donors (Lipinski definition) is 1. The van der Waals surface area contributed by atoms with Crippen LogP contribution in [-0.4, -0.2) is 5.11 Å². The molecule has 0 atom stereocenters. The van der Waals surface area contributed by atoms with Gasteiger partial charge in [0.25, 0.3) is 0 Å². The molecule has 0 aliphatic rings. The lowest BCUT2D eigenvalue weighted by atomic mass is 9.79. The van der Waals surface area contributed by atoms with Gasteiger partial charge in [0, 0.05) is 11.1 Å². The Bertz CT molecular complexity index is 359. The predicted octanol–water partition coefficient (Wildman–Crippen LogP) is 3.90. The molecule has 0 amide bonds. The monoisotopic (exact) mass is 220 g/mol. The zero-order chi connectivity index (χ0) is 12.7. The number of benzene rings is 1. The van der Waals surface area contributed by atoms with E-state index >= 15 is 0 Å². The van der Waals surface area contributed by atoms with Crippen LogP contribution in [0.15, 0.2) is 12.1 Å². The van der Waals surface area contributed by atoms with Gasteiger partial charge in [-0.1, -0.05) is 41.5 Å². The highest BCUT2D eigenvalue weighted by molar-refractivity contribution is 5.55. The molecule has 2 heteroatoms. The topological polar surface area (TPSA) is 44.0 Å². The van der Waals surface area contributed by atoms with Crippen molar-refractivity contribution in [1.82, 2.24) is 5.73 Å². The molecule has 0 unspecified atom stereocenters. The van der Waals surface area contributed by atoms with Crippen LogP contribution in [0, 0.1) is 0 Å². The van der Waals surface area contributed by atoms with Gasteiger partial charge in [-0.05, 0) is 23.0 Å². The summed E-state index contributed by atoms with van der Waals surface area (Å²) in [4.78, 5) is 0. The lowest BCUT2D eigenvalue weighted by Gasteiger charge is -2.27. The van der Waals surface area contributed by atoms with E-state index in [1.807, 2.05) is 41.5 Å². The van der Waals surface area contributed by atoms with E-state index in [4.69, 9.17) is 5.73 Å². The number of phenols is 1. The Morgan fingerprint density at radius 3 is 1.44 bits per heavy atom. The van der Waals surface area contributed by atoms with Gasteiger partial charge in [0.1, 0.15) is 5.75 Å². The maximum absolute atomic E-state index is 10.3. The van der Waals surface area contributed by atoms with Crippen LogP contribution in [0.1, 0.15) is 52.7 Å². The summed E-state index contributed by atoms with van der Waals surface area (Å²) in [6.07, 6.45) is 0. The average molecular weight is 220 g/mol. The fourth-order valence-electron chi connectivity index (χ4n) is 1.78. The van der Waals surface area contributed by atoms with Gasteiger partial charge in [-0.3, -0.25) is 0 Å². The highest BCUT2D eigenvalue weighted by Crippen LogP contribution is 2.40. The third kappa shape index (κ3) is 2.49. The van der Waals surface area contributed by atoms with Gasteiger partial charge in [-0.2, -0.15) is 0 Å². The molecule has 2 nitrogen and oxygen atoms in total. The van der Waals surface area contributed by atoms with Crippen molar-refractivity contribution < 1.29 is 5.11 Å². The molecule has 0 aliphatic heterocycles. The number of phenolic OH excluding ortho intramolecular Hbond substituents is 1. The van der Waals surface area contributed by atoms with Crippen molar-refractivity contribution in [2.24, 2.45) is 0 Å².